The van der Waals surface area contributed by atoms with Crippen molar-refractivity contribution in [3.63, 3.8) is 0 Å². The maximum Gasteiger partial charge on any atom is 0.303 e. The molecule has 2 aromatic carbocycles. The van der Waals surface area contributed by atoms with Gasteiger partial charge in [0.25, 0.3) is 0 Å². The van der Waals surface area contributed by atoms with Gasteiger partial charge in [0.1, 0.15) is 5.82 Å². The highest BCUT2D eigenvalue weighted by molar-refractivity contribution is 6.03. The maximum atomic E-state index is 14.1. The molecule has 0 aromatic heterocycles. The predicted molar refractivity (Wildman–Crippen MR) is 90.5 cm³/mol. The van der Waals surface area contributed by atoms with Crippen LogP contribution in [0.25, 0.3) is 0 Å². The average Bonchev–Trinajstić information content (AvgIpc) is 3.06. The van der Waals surface area contributed by atoms with Gasteiger partial charge in [-0.2, -0.15) is 5.10 Å². The zero-order valence-electron chi connectivity index (χ0n) is 13.4. The molecule has 0 bridgehead atoms. The summed E-state index contributed by atoms with van der Waals surface area (Å²) in [7, 11) is 0. The van der Waals surface area contributed by atoms with Gasteiger partial charge >= 0.3 is 5.97 Å². The van der Waals surface area contributed by atoms with Gasteiger partial charge in [0.2, 0.25) is 5.91 Å². The van der Waals surface area contributed by atoms with Crippen LogP contribution in [0.2, 0.25) is 0 Å². The fourth-order valence-electron chi connectivity index (χ4n) is 2.86. The van der Waals surface area contributed by atoms with Crippen molar-refractivity contribution >= 4 is 17.6 Å². The molecule has 0 spiro atoms. The Morgan fingerprint density at radius 1 is 1.08 bits per heavy atom. The molecule has 1 N–H and O–H groups in total. The second-order valence-electron chi connectivity index (χ2n) is 5.79. The molecule has 0 fully saturated rings. The highest BCUT2D eigenvalue weighted by atomic mass is 19.1. The minimum atomic E-state index is -1.04. The minimum absolute atomic E-state index is 0.146. The largest absolute Gasteiger partial charge is 0.481 e. The van der Waals surface area contributed by atoms with E-state index in [4.69, 9.17) is 5.11 Å². The number of benzene rings is 2. The van der Waals surface area contributed by atoms with E-state index in [2.05, 4.69) is 5.10 Å². The van der Waals surface area contributed by atoms with E-state index in [1.165, 1.54) is 11.1 Å². The third kappa shape index (κ3) is 3.74. The number of nitrogens with zero attached hydrogens (tertiary/aromatic N) is 2. The van der Waals surface area contributed by atoms with Crippen LogP contribution >= 0.6 is 0 Å². The van der Waals surface area contributed by atoms with Crippen LogP contribution in [-0.2, 0) is 9.59 Å². The molecule has 5 nitrogen and oxygen atoms in total. The predicted octanol–water partition coefficient (Wildman–Crippen LogP) is 3.37. The van der Waals surface area contributed by atoms with Gasteiger partial charge in [0, 0.05) is 18.4 Å². The quantitative estimate of drug-likeness (QED) is 0.907. The molecule has 0 aliphatic carbocycles. The van der Waals surface area contributed by atoms with Crippen LogP contribution in [0.5, 0.6) is 0 Å². The SMILES string of the molecule is O=C(O)CCC(=O)N1N=C(c2ccccc2F)C[C@H]1c1ccccc1. The molecule has 1 amide bonds. The number of carboxylic acid groups (broad SMARTS) is 1. The Labute approximate surface area is 144 Å². The normalized spacial score (nSPS) is 16.6. The van der Waals surface area contributed by atoms with E-state index in [-0.39, 0.29) is 24.8 Å². The van der Waals surface area contributed by atoms with Crippen LogP contribution in [-0.4, -0.2) is 27.7 Å². The Hall–Kier alpha value is -3.02. The van der Waals surface area contributed by atoms with Gasteiger partial charge in [-0.15, -0.1) is 0 Å². The molecule has 128 valence electrons. The van der Waals surface area contributed by atoms with Gasteiger partial charge in [-0.05, 0) is 11.6 Å². The molecule has 2 aromatic rings. The van der Waals surface area contributed by atoms with Gasteiger partial charge in [-0.1, -0.05) is 48.5 Å². The topological polar surface area (TPSA) is 70.0 Å². The van der Waals surface area contributed by atoms with Gasteiger partial charge in [-0.25, -0.2) is 9.40 Å². The molecule has 0 radical (unpaired) electrons. The first-order chi connectivity index (χ1) is 12.1. The fourth-order valence-corrected chi connectivity index (χ4v) is 2.86. The van der Waals surface area contributed by atoms with Crippen LogP contribution in [0, 0.1) is 5.82 Å². The van der Waals surface area contributed by atoms with Crippen molar-refractivity contribution in [3.8, 4) is 0 Å². The molecule has 0 unspecified atom stereocenters. The Kier molecular flexibility index (Phi) is 4.88. The summed E-state index contributed by atoms with van der Waals surface area (Å²) in [6.07, 6.45) is -0.0299. The van der Waals surface area contributed by atoms with Gasteiger partial charge in [-0.3, -0.25) is 9.59 Å². The molecule has 1 heterocycles. The number of carbonyl (C=O) groups is 2. The lowest BCUT2D eigenvalue weighted by Crippen LogP contribution is -2.27. The number of amides is 1. The van der Waals surface area contributed by atoms with Crippen molar-refractivity contribution in [1.29, 1.82) is 0 Å². The molecule has 1 aliphatic rings. The maximum absolute atomic E-state index is 14.1. The second kappa shape index (κ2) is 7.25. The Morgan fingerprint density at radius 3 is 2.44 bits per heavy atom. The number of halogens is 1. The van der Waals surface area contributed by atoms with E-state index < -0.39 is 11.8 Å². The summed E-state index contributed by atoms with van der Waals surface area (Å²) in [6, 6.07) is 15.3. The van der Waals surface area contributed by atoms with Gasteiger partial charge < -0.3 is 5.11 Å². The van der Waals surface area contributed by atoms with E-state index in [1.54, 1.807) is 18.2 Å². The molecule has 0 saturated carbocycles. The third-order valence-corrected chi connectivity index (χ3v) is 4.09. The lowest BCUT2D eigenvalue weighted by atomic mass is 9.98. The van der Waals surface area contributed by atoms with Crippen molar-refractivity contribution in [2.24, 2.45) is 5.10 Å². The minimum Gasteiger partial charge on any atom is -0.481 e. The molecule has 3 rings (SSSR count). The van der Waals surface area contributed by atoms with Crippen LogP contribution in [0.15, 0.2) is 59.7 Å². The number of carboxylic acids is 1. The molecule has 6 heteroatoms. The summed E-state index contributed by atoms with van der Waals surface area (Å²) >= 11 is 0. The highest BCUT2D eigenvalue weighted by Gasteiger charge is 2.33. The van der Waals surface area contributed by atoms with E-state index in [9.17, 15) is 14.0 Å². The standard InChI is InChI=1S/C19H17FN2O3/c20-15-9-5-4-8-14(15)16-12-17(13-6-2-1-3-7-13)22(21-16)18(23)10-11-19(24)25/h1-9,17H,10-12H2,(H,24,25)/t17-/m0/s1. The molecule has 25 heavy (non-hydrogen) atoms. The highest BCUT2D eigenvalue weighted by Crippen LogP contribution is 2.33. The summed E-state index contributed by atoms with van der Waals surface area (Å²) in [5.74, 6) is -1.82. The van der Waals surface area contributed by atoms with E-state index in [1.807, 2.05) is 30.3 Å². The van der Waals surface area contributed by atoms with Crippen LogP contribution in [0.3, 0.4) is 0 Å². The van der Waals surface area contributed by atoms with Crippen LogP contribution in [0.1, 0.15) is 36.4 Å². The van der Waals surface area contributed by atoms with E-state index in [0.29, 0.717) is 17.7 Å². The molecule has 1 aliphatic heterocycles. The first-order valence-electron chi connectivity index (χ1n) is 7.97. The smallest absolute Gasteiger partial charge is 0.303 e. The first-order valence-corrected chi connectivity index (χ1v) is 7.97. The number of hydrazone groups is 1. The number of hydrogen-bond donors (Lipinski definition) is 1. The second-order valence-corrected chi connectivity index (χ2v) is 5.79. The lowest BCUT2D eigenvalue weighted by molar-refractivity contribution is -0.141. The van der Waals surface area contributed by atoms with E-state index >= 15 is 0 Å². The zero-order chi connectivity index (χ0) is 17.8. The monoisotopic (exact) mass is 340 g/mol. The number of aliphatic carboxylic acids is 1. The molecular weight excluding hydrogens is 323 g/mol. The fraction of sp³-hybridized carbons (Fsp3) is 0.211. The number of carbonyl (C=O) groups excluding carboxylic acids is 1. The Bertz CT molecular complexity index is 820. The third-order valence-electron chi connectivity index (χ3n) is 4.09. The average molecular weight is 340 g/mol. The first kappa shape index (κ1) is 16.8. The van der Waals surface area contributed by atoms with Crippen LogP contribution < -0.4 is 0 Å². The van der Waals surface area contributed by atoms with E-state index in [0.717, 1.165) is 5.56 Å². The summed E-state index contributed by atoms with van der Waals surface area (Å²) in [5.41, 5.74) is 1.72. The Balaban J connectivity index is 1.92. The van der Waals surface area contributed by atoms with Crippen molar-refractivity contribution in [2.75, 3.05) is 0 Å². The van der Waals surface area contributed by atoms with Crippen molar-refractivity contribution in [3.05, 3.63) is 71.5 Å². The summed E-state index contributed by atoms with van der Waals surface area (Å²) in [6.45, 7) is 0. The van der Waals surface area contributed by atoms with Crippen LogP contribution in [0.4, 0.5) is 4.39 Å². The summed E-state index contributed by atoms with van der Waals surface area (Å²) in [4.78, 5) is 23.2. The summed E-state index contributed by atoms with van der Waals surface area (Å²) in [5, 5.41) is 14.4. The van der Waals surface area contributed by atoms with Crippen molar-refractivity contribution in [2.45, 2.75) is 25.3 Å². The van der Waals surface area contributed by atoms with Crippen molar-refractivity contribution < 1.29 is 19.1 Å². The number of hydrogen-bond acceptors (Lipinski definition) is 3. The van der Waals surface area contributed by atoms with Gasteiger partial charge in [0.05, 0.1) is 18.2 Å². The van der Waals surface area contributed by atoms with Gasteiger partial charge in [0.15, 0.2) is 0 Å². The zero-order valence-corrected chi connectivity index (χ0v) is 13.4. The summed E-state index contributed by atoms with van der Waals surface area (Å²) < 4.78 is 14.1. The molecule has 0 saturated heterocycles. The number of rotatable bonds is 5. The molecular formula is C19H17FN2O3. The molecule has 1 atom stereocenters. The van der Waals surface area contributed by atoms with Crippen molar-refractivity contribution in [1.82, 2.24) is 5.01 Å². The lowest BCUT2D eigenvalue weighted by Gasteiger charge is -2.21. The Morgan fingerprint density at radius 2 is 1.76 bits per heavy atom.